The van der Waals surface area contributed by atoms with E-state index >= 15 is 0 Å². The van der Waals surface area contributed by atoms with Gasteiger partial charge in [0, 0.05) is 12.1 Å². The maximum absolute atomic E-state index is 11.8. The van der Waals surface area contributed by atoms with Crippen LogP contribution >= 0.6 is 0 Å². The van der Waals surface area contributed by atoms with Crippen molar-refractivity contribution in [3.05, 3.63) is 0 Å². The first-order valence-corrected chi connectivity index (χ1v) is 8.09. The van der Waals surface area contributed by atoms with Gasteiger partial charge in [0.25, 0.3) is 0 Å². The molecule has 2 N–H and O–H groups in total. The molecule has 4 atom stereocenters. The van der Waals surface area contributed by atoms with Crippen molar-refractivity contribution in [1.82, 2.24) is 4.90 Å². The van der Waals surface area contributed by atoms with E-state index < -0.39 is 5.54 Å². The van der Waals surface area contributed by atoms with Gasteiger partial charge in [-0.15, -0.1) is 0 Å². The molecule has 4 nitrogen and oxygen atoms in total. The van der Waals surface area contributed by atoms with Crippen LogP contribution in [-0.4, -0.2) is 42.1 Å². The molecule has 0 spiro atoms. The molecule has 1 saturated heterocycles. The van der Waals surface area contributed by atoms with Crippen molar-refractivity contribution in [3.8, 4) is 0 Å². The molecule has 2 aliphatic rings. The van der Waals surface area contributed by atoms with E-state index in [-0.39, 0.29) is 5.97 Å². The number of hydrogen-bond donors (Lipinski definition) is 1. The number of carbonyl (C=O) groups is 1. The van der Waals surface area contributed by atoms with E-state index in [1.807, 2.05) is 0 Å². The first-order valence-electron chi connectivity index (χ1n) is 8.09. The number of nitrogens with two attached hydrogens (primary N) is 1. The quantitative estimate of drug-likeness (QED) is 0.804. The van der Waals surface area contributed by atoms with E-state index in [0.717, 1.165) is 12.5 Å². The summed E-state index contributed by atoms with van der Waals surface area (Å²) in [6, 6.07) is 1.05. The number of nitrogens with zero attached hydrogens (tertiary/aromatic N) is 1. The molecule has 116 valence electrons. The molecule has 0 aromatic heterocycles. The molecule has 4 heteroatoms. The molecule has 0 bridgehead atoms. The Morgan fingerprint density at radius 2 is 2.00 bits per heavy atom. The molecule has 0 aromatic rings. The van der Waals surface area contributed by atoms with Crippen LogP contribution in [0.5, 0.6) is 0 Å². The highest BCUT2D eigenvalue weighted by molar-refractivity contribution is 5.79. The van der Waals surface area contributed by atoms with Crippen molar-refractivity contribution in [1.29, 1.82) is 0 Å². The zero-order valence-electron chi connectivity index (χ0n) is 13.2. The lowest BCUT2D eigenvalue weighted by molar-refractivity contribution is -0.147. The van der Waals surface area contributed by atoms with Crippen LogP contribution in [0.15, 0.2) is 0 Å². The second-order valence-corrected chi connectivity index (χ2v) is 6.95. The summed E-state index contributed by atoms with van der Waals surface area (Å²) in [5.41, 5.74) is 5.27. The van der Waals surface area contributed by atoms with Gasteiger partial charge < -0.3 is 10.5 Å². The third-order valence-electron chi connectivity index (χ3n) is 5.22. The van der Waals surface area contributed by atoms with Crippen molar-refractivity contribution < 1.29 is 9.53 Å². The minimum Gasteiger partial charge on any atom is -0.468 e. The predicted molar refractivity (Wildman–Crippen MR) is 80.4 cm³/mol. The average Bonchev–Trinajstić information content (AvgIpc) is 2.45. The summed E-state index contributed by atoms with van der Waals surface area (Å²) >= 11 is 0. The fourth-order valence-corrected chi connectivity index (χ4v) is 4.26. The smallest absolute Gasteiger partial charge is 0.325 e. The van der Waals surface area contributed by atoms with E-state index in [4.69, 9.17) is 10.5 Å². The van der Waals surface area contributed by atoms with Crippen LogP contribution in [-0.2, 0) is 9.53 Å². The second kappa shape index (κ2) is 6.44. The molecule has 2 rings (SSSR count). The van der Waals surface area contributed by atoms with Gasteiger partial charge in [0.2, 0.25) is 0 Å². The molecule has 4 unspecified atom stereocenters. The molecule has 1 aliphatic carbocycles. The monoisotopic (exact) mass is 282 g/mol. The van der Waals surface area contributed by atoms with Gasteiger partial charge in [-0.05, 0) is 58.4 Å². The van der Waals surface area contributed by atoms with Gasteiger partial charge in [0.1, 0.15) is 5.54 Å². The Morgan fingerprint density at radius 3 is 2.70 bits per heavy atom. The number of ether oxygens (including phenoxy) is 1. The number of hydrogen-bond acceptors (Lipinski definition) is 4. The third kappa shape index (κ3) is 3.34. The Balaban J connectivity index is 2.00. The van der Waals surface area contributed by atoms with Gasteiger partial charge in [-0.2, -0.15) is 0 Å². The first kappa shape index (κ1) is 15.8. The van der Waals surface area contributed by atoms with Crippen LogP contribution in [0.1, 0.15) is 58.8 Å². The highest BCUT2D eigenvalue weighted by atomic mass is 16.5. The highest BCUT2D eigenvalue weighted by Gasteiger charge is 2.39. The van der Waals surface area contributed by atoms with Crippen molar-refractivity contribution >= 4 is 5.97 Å². The number of esters is 1. The van der Waals surface area contributed by atoms with E-state index in [9.17, 15) is 4.79 Å². The largest absolute Gasteiger partial charge is 0.468 e. The summed E-state index contributed by atoms with van der Waals surface area (Å²) in [5, 5.41) is 0. The maximum Gasteiger partial charge on any atom is 0.325 e. The minimum absolute atomic E-state index is 0.304. The summed E-state index contributed by atoms with van der Waals surface area (Å²) in [7, 11) is 1.41. The lowest BCUT2D eigenvalue weighted by Crippen LogP contribution is -2.55. The lowest BCUT2D eigenvalue weighted by Gasteiger charge is -2.48. The average molecular weight is 282 g/mol. The zero-order valence-corrected chi connectivity index (χ0v) is 13.2. The maximum atomic E-state index is 11.8. The van der Waals surface area contributed by atoms with Gasteiger partial charge in [0.05, 0.1) is 7.11 Å². The topological polar surface area (TPSA) is 55.6 Å². The minimum atomic E-state index is -0.879. The van der Waals surface area contributed by atoms with E-state index in [1.54, 1.807) is 6.92 Å². The first-order chi connectivity index (χ1) is 9.45. The number of piperidine rings is 1. The molecule has 0 aromatic carbocycles. The molecule has 1 heterocycles. The normalized spacial score (nSPS) is 32.0. The molecular formula is C16H30N2O2. The fraction of sp³-hybridized carbons (Fsp3) is 0.938. The van der Waals surface area contributed by atoms with E-state index in [2.05, 4.69) is 11.8 Å². The molecular weight excluding hydrogens is 252 g/mol. The second-order valence-electron chi connectivity index (χ2n) is 6.95. The summed E-state index contributed by atoms with van der Waals surface area (Å²) in [5.74, 6) is 0.559. The Kier molecular flexibility index (Phi) is 5.08. The highest BCUT2D eigenvalue weighted by Crippen LogP contribution is 2.37. The molecule has 1 aliphatic heterocycles. The van der Waals surface area contributed by atoms with Gasteiger partial charge in [0.15, 0.2) is 0 Å². The van der Waals surface area contributed by atoms with Crippen LogP contribution in [0.3, 0.4) is 0 Å². The van der Waals surface area contributed by atoms with Gasteiger partial charge >= 0.3 is 5.97 Å². The van der Waals surface area contributed by atoms with Crippen molar-refractivity contribution in [3.63, 3.8) is 0 Å². The van der Waals surface area contributed by atoms with Crippen LogP contribution in [0.25, 0.3) is 0 Å². The molecule has 1 saturated carbocycles. The predicted octanol–water partition coefficient (Wildman–Crippen LogP) is 2.31. The summed E-state index contributed by atoms with van der Waals surface area (Å²) in [6.07, 6.45) is 8.76. The van der Waals surface area contributed by atoms with Gasteiger partial charge in [-0.3, -0.25) is 9.69 Å². The summed E-state index contributed by atoms with van der Waals surface area (Å²) in [4.78, 5) is 14.4. The number of likely N-dealkylation sites (tertiary alicyclic amines) is 1. The molecule has 20 heavy (non-hydrogen) atoms. The molecule has 2 fully saturated rings. The van der Waals surface area contributed by atoms with Crippen molar-refractivity contribution in [2.75, 3.05) is 13.7 Å². The SMILES string of the molecule is COC(=O)C(C)(N)CC(C)N1CCCC2CCCCC21. The number of rotatable bonds is 4. The van der Waals surface area contributed by atoms with Crippen molar-refractivity contribution in [2.24, 2.45) is 11.7 Å². The summed E-state index contributed by atoms with van der Waals surface area (Å²) in [6.45, 7) is 5.16. The Labute approximate surface area is 123 Å². The van der Waals surface area contributed by atoms with Crippen LogP contribution in [0.4, 0.5) is 0 Å². The third-order valence-corrected chi connectivity index (χ3v) is 5.22. The van der Waals surface area contributed by atoms with Gasteiger partial charge in [-0.1, -0.05) is 12.8 Å². The Hall–Kier alpha value is -0.610. The summed E-state index contributed by atoms with van der Waals surface area (Å²) < 4.78 is 4.83. The van der Waals surface area contributed by atoms with Crippen LogP contribution < -0.4 is 5.73 Å². The van der Waals surface area contributed by atoms with Crippen LogP contribution in [0.2, 0.25) is 0 Å². The lowest BCUT2D eigenvalue weighted by atomic mass is 9.77. The fourth-order valence-electron chi connectivity index (χ4n) is 4.26. The van der Waals surface area contributed by atoms with E-state index in [0.29, 0.717) is 18.5 Å². The number of methoxy groups -OCH3 is 1. The van der Waals surface area contributed by atoms with E-state index in [1.165, 1.54) is 45.6 Å². The number of carbonyl (C=O) groups excluding carboxylic acids is 1. The molecule has 0 radical (unpaired) electrons. The standard InChI is InChI=1S/C16H30N2O2/c1-12(11-16(2,17)15(19)20-3)18-10-6-8-13-7-4-5-9-14(13)18/h12-14H,4-11,17H2,1-3H3. The Morgan fingerprint density at radius 1 is 1.35 bits per heavy atom. The molecule has 0 amide bonds. The van der Waals surface area contributed by atoms with Crippen molar-refractivity contribution in [2.45, 2.75) is 76.4 Å². The van der Waals surface area contributed by atoms with Crippen LogP contribution in [0, 0.1) is 5.92 Å². The Bertz CT molecular complexity index is 341. The number of fused-ring (bicyclic) bond motifs is 1. The van der Waals surface area contributed by atoms with Gasteiger partial charge in [-0.25, -0.2) is 0 Å². The zero-order chi connectivity index (χ0) is 14.8.